The number of benzene rings is 4. The molecule has 12 rings (SSSR count). The first-order valence-electron chi connectivity index (χ1n) is 21.7. The van der Waals surface area contributed by atoms with Gasteiger partial charge in [0.25, 0.3) is 0 Å². The van der Waals surface area contributed by atoms with Crippen molar-refractivity contribution >= 4 is 33.5 Å². The van der Waals surface area contributed by atoms with E-state index in [9.17, 15) is 4.79 Å². The molecule has 314 valence electrons. The molecule has 6 aromatic heterocycles. The molecule has 0 bridgehead atoms. The highest BCUT2D eigenvalue weighted by molar-refractivity contribution is 5.98. The summed E-state index contributed by atoms with van der Waals surface area (Å²) in [6.07, 6.45) is 9.89. The van der Waals surface area contributed by atoms with Crippen molar-refractivity contribution in [1.29, 1.82) is 0 Å². The van der Waals surface area contributed by atoms with Crippen LogP contribution in [0.3, 0.4) is 0 Å². The number of pyridine rings is 4. The second kappa shape index (κ2) is 15.5. The van der Waals surface area contributed by atoms with Gasteiger partial charge in [-0.3, -0.25) is 4.57 Å². The molecule has 7 N–H and O–H groups in total. The maximum absolute atomic E-state index is 12.0. The van der Waals surface area contributed by atoms with E-state index in [1.54, 1.807) is 12.4 Å². The summed E-state index contributed by atoms with van der Waals surface area (Å²) in [6, 6.07) is 49.0. The average Bonchev–Trinajstić information content (AvgIpc) is 3.90. The molecule has 64 heavy (non-hydrogen) atoms. The third kappa shape index (κ3) is 6.80. The number of fused-ring (bicyclic) bond motifs is 4. The Balaban J connectivity index is 0.000000143. The fourth-order valence-corrected chi connectivity index (χ4v) is 9.02. The molecule has 2 fully saturated rings. The van der Waals surface area contributed by atoms with Gasteiger partial charge in [-0.25, -0.2) is 34.2 Å². The van der Waals surface area contributed by atoms with Crippen molar-refractivity contribution in [1.82, 2.24) is 39.1 Å². The average molecular weight is 840 g/mol. The van der Waals surface area contributed by atoms with Gasteiger partial charge >= 0.3 is 5.69 Å². The van der Waals surface area contributed by atoms with Crippen LogP contribution in [0.4, 0.5) is 5.82 Å². The number of rotatable bonds is 7. The predicted octanol–water partition coefficient (Wildman–Crippen LogP) is 9.31. The Morgan fingerprint density at radius 1 is 0.594 bits per heavy atom. The van der Waals surface area contributed by atoms with E-state index in [0.29, 0.717) is 17.3 Å². The number of hydrogen-bond donors (Lipinski definition) is 4. The molecule has 0 saturated heterocycles. The van der Waals surface area contributed by atoms with E-state index >= 15 is 0 Å². The molecule has 0 radical (unpaired) electrons. The number of H-pyrrole nitrogens is 1. The number of nitrogens with one attached hydrogen (secondary N) is 1. The van der Waals surface area contributed by atoms with Gasteiger partial charge in [-0.2, -0.15) is 5.10 Å². The summed E-state index contributed by atoms with van der Waals surface area (Å²) in [5.41, 5.74) is 31.6. The second-order valence-electron chi connectivity index (χ2n) is 17.0. The van der Waals surface area contributed by atoms with Crippen molar-refractivity contribution in [3.8, 4) is 50.7 Å². The summed E-state index contributed by atoms with van der Waals surface area (Å²) in [4.78, 5) is 31.2. The van der Waals surface area contributed by atoms with Crippen molar-refractivity contribution in [2.24, 2.45) is 11.5 Å². The molecule has 10 aromatic rings. The molecule has 2 aliphatic rings. The fourth-order valence-electron chi connectivity index (χ4n) is 9.02. The number of aromatic amines is 1. The van der Waals surface area contributed by atoms with Crippen LogP contribution < -0.4 is 22.9 Å². The van der Waals surface area contributed by atoms with E-state index in [2.05, 4.69) is 98.6 Å². The smallest absolute Gasteiger partial charge is 0.347 e. The first-order chi connectivity index (χ1) is 31.2. The molecule has 2 aliphatic carbocycles. The summed E-state index contributed by atoms with van der Waals surface area (Å²) < 4.78 is 3.56. The van der Waals surface area contributed by atoms with Crippen molar-refractivity contribution in [2.75, 3.05) is 5.73 Å². The van der Waals surface area contributed by atoms with E-state index in [1.165, 1.54) is 28.4 Å². The lowest BCUT2D eigenvalue weighted by molar-refractivity contribution is 0.253. The molecule has 6 heterocycles. The lowest BCUT2D eigenvalue weighted by Crippen LogP contribution is -2.43. The minimum Gasteiger partial charge on any atom is -0.383 e. The SMILES string of the molecule is NC1(c2ccc(-c3nc4ccn5c(=O)[nH]nc5c4cc3-c3ccccc3)cc2)CCC1.Nc1ncccc1-c1nc2ccc(-c3ccccc3)nc2n1-c1ccc(C2(N)CCC2)cc1. The largest absolute Gasteiger partial charge is 0.383 e. The molecule has 4 aromatic carbocycles. The Kier molecular flexibility index (Phi) is 9.48. The van der Waals surface area contributed by atoms with Gasteiger partial charge in [0.2, 0.25) is 0 Å². The van der Waals surface area contributed by atoms with Crippen LogP contribution in [0.5, 0.6) is 0 Å². The number of anilines is 1. The normalized spacial score (nSPS) is 15.0. The summed E-state index contributed by atoms with van der Waals surface area (Å²) in [5, 5.41) is 7.56. The van der Waals surface area contributed by atoms with Crippen LogP contribution in [0.25, 0.3) is 78.4 Å². The fraction of sp³-hybridized carbons (Fsp3) is 0.154. The van der Waals surface area contributed by atoms with Crippen LogP contribution in [0.2, 0.25) is 0 Å². The summed E-state index contributed by atoms with van der Waals surface area (Å²) >= 11 is 0. The molecule has 0 spiro atoms. The zero-order valence-electron chi connectivity index (χ0n) is 35.0. The van der Waals surface area contributed by atoms with Crippen LogP contribution in [-0.4, -0.2) is 39.1 Å². The van der Waals surface area contributed by atoms with Crippen LogP contribution in [0.15, 0.2) is 163 Å². The number of nitrogens with zero attached hydrogens (tertiary/aromatic N) is 7. The van der Waals surface area contributed by atoms with Gasteiger partial charge in [0, 0.05) is 51.2 Å². The van der Waals surface area contributed by atoms with E-state index in [4.69, 9.17) is 32.2 Å². The van der Waals surface area contributed by atoms with Crippen LogP contribution in [0.1, 0.15) is 49.7 Å². The van der Waals surface area contributed by atoms with Crippen molar-refractivity contribution in [2.45, 2.75) is 49.6 Å². The Morgan fingerprint density at radius 3 is 1.89 bits per heavy atom. The van der Waals surface area contributed by atoms with Gasteiger partial charge < -0.3 is 17.2 Å². The Labute approximate surface area is 368 Å². The molecule has 0 aliphatic heterocycles. The molecule has 2 saturated carbocycles. The summed E-state index contributed by atoms with van der Waals surface area (Å²) in [5.74, 6) is 1.15. The van der Waals surface area contributed by atoms with Gasteiger partial charge in [0.15, 0.2) is 17.1 Å². The van der Waals surface area contributed by atoms with Gasteiger partial charge in [-0.1, -0.05) is 97.1 Å². The molecular formula is C52H45N11O. The number of nitrogen functional groups attached to an aromatic ring is 1. The Hall–Kier alpha value is -7.80. The minimum atomic E-state index is -0.260. The van der Waals surface area contributed by atoms with E-state index in [-0.39, 0.29) is 16.8 Å². The standard InChI is InChI=1S/C27H24N6.C25H21N5O/c28-24-21(8-4-17-30-24)25-32-23-14-13-22(18-6-2-1-3-7-18)31-26(23)33(25)20-11-9-19(10-12-20)27(29)15-5-16-27;26-25(12-4-13-25)18-9-7-17(8-10-18)22-19(16-5-2-1-3-6-16)15-20-21(27-22)11-14-30-23(20)28-29-24(30)31/h1-4,6-14,17H,5,15-16,29H2,(H2,28,30);1-3,5-11,14-15H,4,12-13,26H2,(H,29,31). The maximum Gasteiger partial charge on any atom is 0.347 e. The van der Waals surface area contributed by atoms with Crippen molar-refractivity contribution in [3.05, 3.63) is 180 Å². The molecule has 12 heteroatoms. The summed E-state index contributed by atoms with van der Waals surface area (Å²) in [6.45, 7) is 0. The van der Waals surface area contributed by atoms with Gasteiger partial charge in [-0.15, -0.1) is 0 Å². The van der Waals surface area contributed by atoms with Crippen LogP contribution >= 0.6 is 0 Å². The highest BCUT2D eigenvalue weighted by Gasteiger charge is 2.35. The van der Waals surface area contributed by atoms with E-state index in [0.717, 1.165) is 92.6 Å². The Morgan fingerprint density at radius 2 is 1.25 bits per heavy atom. The topological polar surface area (TPSA) is 185 Å². The quantitative estimate of drug-likeness (QED) is 0.121. The first kappa shape index (κ1) is 39.1. The zero-order valence-corrected chi connectivity index (χ0v) is 35.0. The molecule has 0 unspecified atom stereocenters. The molecule has 0 amide bonds. The number of nitrogens with two attached hydrogens (primary N) is 3. The first-order valence-corrected chi connectivity index (χ1v) is 21.7. The van der Waals surface area contributed by atoms with Crippen LogP contribution in [-0.2, 0) is 11.1 Å². The monoisotopic (exact) mass is 839 g/mol. The number of hydrogen-bond acceptors (Lipinski definition) is 9. The predicted molar refractivity (Wildman–Crippen MR) is 253 cm³/mol. The third-order valence-corrected chi connectivity index (χ3v) is 13.0. The van der Waals surface area contributed by atoms with E-state index in [1.807, 2.05) is 66.7 Å². The van der Waals surface area contributed by atoms with Gasteiger partial charge in [-0.05, 0) is 104 Å². The second-order valence-corrected chi connectivity index (χ2v) is 17.0. The van der Waals surface area contributed by atoms with Gasteiger partial charge in [0.05, 0.1) is 22.5 Å². The summed E-state index contributed by atoms with van der Waals surface area (Å²) in [7, 11) is 0. The number of imidazole rings is 1. The third-order valence-electron chi connectivity index (χ3n) is 13.0. The lowest BCUT2D eigenvalue weighted by Gasteiger charge is -2.38. The molecule has 12 nitrogen and oxygen atoms in total. The lowest BCUT2D eigenvalue weighted by atomic mass is 9.72. The molecule has 0 atom stereocenters. The maximum atomic E-state index is 12.0. The van der Waals surface area contributed by atoms with E-state index < -0.39 is 0 Å². The van der Waals surface area contributed by atoms with Crippen LogP contribution in [0, 0.1) is 0 Å². The minimum absolute atomic E-state index is 0.184. The molecular weight excluding hydrogens is 795 g/mol. The van der Waals surface area contributed by atoms with Crippen molar-refractivity contribution in [3.63, 3.8) is 0 Å². The zero-order chi connectivity index (χ0) is 43.4. The Bertz CT molecular complexity index is 3390. The highest BCUT2D eigenvalue weighted by atomic mass is 16.1. The highest BCUT2D eigenvalue weighted by Crippen LogP contribution is 2.41. The number of aromatic nitrogens is 8. The van der Waals surface area contributed by atoms with Gasteiger partial charge in [0.1, 0.15) is 11.3 Å². The van der Waals surface area contributed by atoms with Crippen molar-refractivity contribution < 1.29 is 0 Å².